The van der Waals surface area contributed by atoms with Crippen LogP contribution in [0.5, 0.6) is 0 Å². The maximum Gasteiger partial charge on any atom is 0.305 e. The van der Waals surface area contributed by atoms with Crippen molar-refractivity contribution in [1.29, 1.82) is 0 Å². The number of hydrogen-bond donors (Lipinski definition) is 1. The van der Waals surface area contributed by atoms with Crippen LogP contribution in [0, 0.1) is 11.8 Å². The quantitative estimate of drug-likeness (QED) is 0.204. The Morgan fingerprint density at radius 3 is 2.57 bits per heavy atom. The van der Waals surface area contributed by atoms with Crippen LogP contribution in [0.25, 0.3) is 0 Å². The molecule has 0 aromatic heterocycles. The standard InChI is InChI=1S/C26H37ClO3/c1-30-25(28)12-8-3-2-7-11-23-22(17-18-24(23)27)19-13-15-21(16-14-19)26(29)20-9-5-4-6-10-20/h2,7,13-16,20,22-24,26,29H,3-6,8-12,17-18H2,1H3/b7-2-/t22-,23-,24-,26?/m1/s1. The average Bonchev–Trinajstić information content (AvgIpc) is 3.16. The summed E-state index contributed by atoms with van der Waals surface area (Å²) in [6.07, 6.45) is 15.5. The van der Waals surface area contributed by atoms with Gasteiger partial charge in [0.25, 0.3) is 0 Å². The van der Waals surface area contributed by atoms with Crippen molar-refractivity contribution in [3.8, 4) is 0 Å². The molecule has 2 fully saturated rings. The molecule has 0 radical (unpaired) electrons. The van der Waals surface area contributed by atoms with Crippen LogP contribution in [0.3, 0.4) is 0 Å². The van der Waals surface area contributed by atoms with Crippen molar-refractivity contribution in [3.05, 3.63) is 47.5 Å². The predicted octanol–water partition coefficient (Wildman–Crippen LogP) is 6.69. The second-order valence-electron chi connectivity index (χ2n) is 9.05. The van der Waals surface area contributed by atoms with E-state index >= 15 is 0 Å². The van der Waals surface area contributed by atoms with Crippen molar-refractivity contribution in [3.63, 3.8) is 0 Å². The molecule has 0 saturated heterocycles. The molecular weight excluding hydrogens is 396 g/mol. The van der Waals surface area contributed by atoms with Crippen LogP contribution in [0.2, 0.25) is 0 Å². The molecule has 4 heteroatoms. The van der Waals surface area contributed by atoms with Crippen LogP contribution in [0.15, 0.2) is 36.4 Å². The summed E-state index contributed by atoms with van der Waals surface area (Å²) in [5.41, 5.74) is 2.41. The number of halogens is 1. The minimum Gasteiger partial charge on any atom is -0.469 e. The molecule has 1 aromatic rings. The fraction of sp³-hybridized carbons (Fsp3) is 0.654. The van der Waals surface area contributed by atoms with Gasteiger partial charge in [0.15, 0.2) is 0 Å². The number of unbranched alkanes of at least 4 members (excludes halogenated alkanes) is 1. The molecule has 2 saturated carbocycles. The Bertz CT molecular complexity index is 678. The molecule has 3 rings (SSSR count). The average molecular weight is 433 g/mol. The highest BCUT2D eigenvalue weighted by molar-refractivity contribution is 6.21. The normalized spacial score (nSPS) is 26.2. The number of benzene rings is 1. The summed E-state index contributed by atoms with van der Waals surface area (Å²) in [6.45, 7) is 0. The van der Waals surface area contributed by atoms with Gasteiger partial charge >= 0.3 is 5.97 Å². The van der Waals surface area contributed by atoms with E-state index in [9.17, 15) is 9.90 Å². The number of ether oxygens (including phenoxy) is 1. The predicted molar refractivity (Wildman–Crippen MR) is 123 cm³/mol. The van der Waals surface area contributed by atoms with Crippen molar-refractivity contribution in [2.24, 2.45) is 11.8 Å². The number of hydrogen-bond acceptors (Lipinski definition) is 3. The fourth-order valence-electron chi connectivity index (χ4n) is 5.24. The zero-order valence-corrected chi connectivity index (χ0v) is 19.0. The van der Waals surface area contributed by atoms with Gasteiger partial charge in [0, 0.05) is 11.8 Å². The molecular formula is C26H37ClO3. The van der Waals surface area contributed by atoms with Crippen LogP contribution in [-0.2, 0) is 9.53 Å². The van der Waals surface area contributed by atoms with Gasteiger partial charge in [-0.1, -0.05) is 55.7 Å². The summed E-state index contributed by atoms with van der Waals surface area (Å²) in [6, 6.07) is 8.70. The zero-order valence-electron chi connectivity index (χ0n) is 18.3. The highest BCUT2D eigenvalue weighted by Crippen LogP contribution is 2.45. The van der Waals surface area contributed by atoms with E-state index in [0.717, 1.165) is 50.5 Å². The van der Waals surface area contributed by atoms with Gasteiger partial charge in [0.2, 0.25) is 0 Å². The smallest absolute Gasteiger partial charge is 0.305 e. The van der Waals surface area contributed by atoms with Crippen LogP contribution in [-0.4, -0.2) is 23.6 Å². The van der Waals surface area contributed by atoms with Crippen LogP contribution in [0.4, 0.5) is 0 Å². The molecule has 0 spiro atoms. The largest absolute Gasteiger partial charge is 0.469 e. The first kappa shape index (κ1) is 23.3. The van der Waals surface area contributed by atoms with Gasteiger partial charge in [-0.05, 0) is 73.8 Å². The monoisotopic (exact) mass is 432 g/mol. The minimum absolute atomic E-state index is 0.142. The Labute approximate surface area is 186 Å². The summed E-state index contributed by atoms with van der Waals surface area (Å²) in [7, 11) is 1.43. The zero-order chi connectivity index (χ0) is 21.3. The van der Waals surface area contributed by atoms with Gasteiger partial charge in [0.1, 0.15) is 0 Å². The summed E-state index contributed by atoms with van der Waals surface area (Å²) >= 11 is 6.67. The van der Waals surface area contributed by atoms with Crippen LogP contribution < -0.4 is 0 Å². The first-order valence-electron chi connectivity index (χ1n) is 11.7. The molecule has 1 unspecified atom stereocenters. The lowest BCUT2D eigenvalue weighted by atomic mass is 9.81. The van der Waals surface area contributed by atoms with E-state index in [1.165, 1.54) is 31.9 Å². The topological polar surface area (TPSA) is 46.5 Å². The molecule has 30 heavy (non-hydrogen) atoms. The third-order valence-electron chi connectivity index (χ3n) is 7.09. The van der Waals surface area contributed by atoms with E-state index < -0.39 is 0 Å². The van der Waals surface area contributed by atoms with Gasteiger partial charge in [-0.3, -0.25) is 4.79 Å². The number of rotatable bonds is 9. The van der Waals surface area contributed by atoms with Crippen molar-refractivity contribution in [2.45, 2.75) is 88.0 Å². The molecule has 3 nitrogen and oxygen atoms in total. The Kier molecular flexibility index (Phi) is 9.27. The molecule has 2 aliphatic carbocycles. The van der Waals surface area contributed by atoms with Crippen LogP contribution in [0.1, 0.15) is 93.8 Å². The van der Waals surface area contributed by atoms with Crippen molar-refractivity contribution < 1.29 is 14.6 Å². The molecule has 0 heterocycles. The van der Waals surface area contributed by atoms with E-state index in [4.69, 9.17) is 11.6 Å². The Hall–Kier alpha value is -1.32. The lowest BCUT2D eigenvalue weighted by Crippen LogP contribution is -2.16. The maximum absolute atomic E-state index is 11.2. The summed E-state index contributed by atoms with van der Waals surface area (Å²) in [5, 5.41) is 11.0. The molecule has 1 N–H and O–H groups in total. The van der Waals surface area contributed by atoms with Gasteiger partial charge in [-0.2, -0.15) is 0 Å². The van der Waals surface area contributed by atoms with E-state index in [1.54, 1.807) is 0 Å². The lowest BCUT2D eigenvalue weighted by Gasteiger charge is -2.27. The van der Waals surface area contributed by atoms with E-state index in [2.05, 4.69) is 41.2 Å². The molecule has 0 bridgehead atoms. The second-order valence-corrected chi connectivity index (χ2v) is 9.61. The summed E-state index contributed by atoms with van der Waals surface area (Å²) < 4.78 is 4.68. The SMILES string of the molecule is COC(=O)CCC/C=C\C[C@H]1[C@H](Cl)CC[C@@H]1c1ccc(C(O)C2CCCCC2)cc1. The van der Waals surface area contributed by atoms with Gasteiger partial charge in [-0.15, -0.1) is 11.6 Å². The van der Waals surface area contributed by atoms with E-state index in [-0.39, 0.29) is 17.5 Å². The number of allylic oxidation sites excluding steroid dienone is 2. The highest BCUT2D eigenvalue weighted by atomic mass is 35.5. The third-order valence-corrected chi connectivity index (χ3v) is 7.63. The molecule has 0 amide bonds. The Morgan fingerprint density at radius 2 is 1.87 bits per heavy atom. The Balaban J connectivity index is 1.54. The first-order chi connectivity index (χ1) is 14.6. The van der Waals surface area contributed by atoms with E-state index in [0.29, 0.717) is 24.2 Å². The van der Waals surface area contributed by atoms with Crippen molar-refractivity contribution in [2.75, 3.05) is 7.11 Å². The Morgan fingerprint density at radius 1 is 1.13 bits per heavy atom. The number of carbonyl (C=O) groups is 1. The molecule has 1 aromatic carbocycles. The van der Waals surface area contributed by atoms with Crippen molar-refractivity contribution in [1.82, 2.24) is 0 Å². The number of esters is 1. The maximum atomic E-state index is 11.2. The highest BCUT2D eigenvalue weighted by Gasteiger charge is 2.35. The first-order valence-corrected chi connectivity index (χ1v) is 12.2. The number of alkyl halides is 1. The summed E-state index contributed by atoms with van der Waals surface area (Å²) in [5.74, 6) is 1.20. The third kappa shape index (κ3) is 6.34. The van der Waals surface area contributed by atoms with Gasteiger partial charge in [0.05, 0.1) is 13.2 Å². The van der Waals surface area contributed by atoms with Crippen molar-refractivity contribution >= 4 is 17.6 Å². The van der Waals surface area contributed by atoms with Crippen LogP contribution >= 0.6 is 11.6 Å². The molecule has 0 aliphatic heterocycles. The molecule has 4 atom stereocenters. The van der Waals surface area contributed by atoms with Gasteiger partial charge in [-0.25, -0.2) is 0 Å². The molecule has 166 valence electrons. The minimum atomic E-state index is -0.326. The molecule has 2 aliphatic rings. The van der Waals surface area contributed by atoms with E-state index in [1.807, 2.05) is 0 Å². The lowest BCUT2D eigenvalue weighted by molar-refractivity contribution is -0.140. The fourth-order valence-corrected chi connectivity index (χ4v) is 5.65. The summed E-state index contributed by atoms with van der Waals surface area (Å²) in [4.78, 5) is 11.2. The second kappa shape index (κ2) is 11.9. The van der Waals surface area contributed by atoms with Gasteiger partial charge < -0.3 is 9.84 Å². The number of aliphatic hydroxyl groups excluding tert-OH is 1. The number of methoxy groups -OCH3 is 1. The number of carbonyl (C=O) groups excluding carboxylic acids is 1. The number of aliphatic hydroxyl groups is 1.